The zero-order chi connectivity index (χ0) is 23.3. The van der Waals surface area contributed by atoms with Gasteiger partial charge in [0.1, 0.15) is 23.2 Å². The lowest BCUT2D eigenvalue weighted by atomic mass is 10.2. The van der Waals surface area contributed by atoms with Gasteiger partial charge in [0.2, 0.25) is 0 Å². The van der Waals surface area contributed by atoms with Crippen LogP contribution in [0.3, 0.4) is 0 Å². The smallest absolute Gasteiger partial charge is 0.343 e. The minimum absolute atomic E-state index is 0.123. The standard InChI is InChI=1S/C22H21N5O5/c1-14-20(27(30)31)15(2)26(25-14)16(3)21(28)24-23-13-18-11-7-8-12-19(18)32-22(29)17-9-5-4-6-10-17/h4-13,16H,1-3H3,(H,24,28)/b23-13+. The number of ether oxygens (including phenoxy) is 1. The Hall–Kier alpha value is -4.34. The SMILES string of the molecule is Cc1nn(C(C)C(=O)N/N=C/c2ccccc2OC(=O)c2ccccc2)c(C)c1[N+](=O)[O-]. The van der Waals surface area contributed by atoms with Gasteiger partial charge in [0, 0.05) is 5.56 Å². The molecule has 0 aliphatic carbocycles. The number of aryl methyl sites for hydroxylation is 1. The fraction of sp³-hybridized carbons (Fsp3) is 0.182. The minimum atomic E-state index is -0.828. The van der Waals surface area contributed by atoms with Gasteiger partial charge in [0.25, 0.3) is 5.91 Å². The number of hydrazone groups is 1. The third kappa shape index (κ3) is 4.86. The van der Waals surface area contributed by atoms with Crippen molar-refractivity contribution in [2.24, 2.45) is 5.10 Å². The number of nitrogens with zero attached hydrogens (tertiary/aromatic N) is 4. The van der Waals surface area contributed by atoms with Crippen molar-refractivity contribution < 1.29 is 19.2 Å². The van der Waals surface area contributed by atoms with Gasteiger partial charge in [-0.25, -0.2) is 10.2 Å². The third-order valence-electron chi connectivity index (χ3n) is 4.73. The van der Waals surface area contributed by atoms with Crippen LogP contribution in [0.4, 0.5) is 5.69 Å². The van der Waals surface area contributed by atoms with Crippen molar-refractivity contribution in [3.8, 4) is 5.75 Å². The van der Waals surface area contributed by atoms with E-state index in [2.05, 4.69) is 15.6 Å². The molecule has 10 heteroatoms. The second kappa shape index (κ2) is 9.65. The Balaban J connectivity index is 1.70. The summed E-state index contributed by atoms with van der Waals surface area (Å²) in [5.41, 5.74) is 3.65. The van der Waals surface area contributed by atoms with E-state index in [1.54, 1.807) is 61.5 Å². The zero-order valence-electron chi connectivity index (χ0n) is 17.7. The molecule has 1 unspecified atom stereocenters. The number of nitro groups is 1. The maximum atomic E-state index is 12.5. The molecule has 0 saturated heterocycles. The van der Waals surface area contributed by atoms with Gasteiger partial charge in [-0.3, -0.25) is 19.6 Å². The molecule has 1 atom stereocenters. The van der Waals surface area contributed by atoms with E-state index in [1.165, 1.54) is 24.7 Å². The normalized spacial score (nSPS) is 11.8. The monoisotopic (exact) mass is 435 g/mol. The Kier molecular flexibility index (Phi) is 6.74. The number of carbonyl (C=O) groups excluding carboxylic acids is 2. The molecule has 10 nitrogen and oxygen atoms in total. The summed E-state index contributed by atoms with van der Waals surface area (Å²) in [6.07, 6.45) is 1.35. The number of aromatic nitrogens is 2. The Morgan fingerprint density at radius 2 is 1.81 bits per heavy atom. The highest BCUT2D eigenvalue weighted by Crippen LogP contribution is 2.24. The van der Waals surface area contributed by atoms with Gasteiger partial charge >= 0.3 is 11.7 Å². The van der Waals surface area contributed by atoms with E-state index in [9.17, 15) is 19.7 Å². The van der Waals surface area contributed by atoms with Crippen LogP contribution in [0, 0.1) is 24.0 Å². The molecule has 164 valence electrons. The van der Waals surface area contributed by atoms with Gasteiger partial charge in [-0.05, 0) is 45.0 Å². The number of esters is 1. The molecule has 1 heterocycles. The van der Waals surface area contributed by atoms with Crippen LogP contribution in [0.5, 0.6) is 5.75 Å². The van der Waals surface area contributed by atoms with Crippen molar-refractivity contribution in [1.29, 1.82) is 0 Å². The molecule has 0 aliphatic rings. The summed E-state index contributed by atoms with van der Waals surface area (Å²) in [5, 5.41) is 19.2. The third-order valence-corrected chi connectivity index (χ3v) is 4.73. The van der Waals surface area contributed by atoms with Crippen molar-refractivity contribution >= 4 is 23.8 Å². The highest BCUT2D eigenvalue weighted by molar-refractivity contribution is 5.93. The van der Waals surface area contributed by atoms with E-state index in [-0.39, 0.29) is 22.8 Å². The van der Waals surface area contributed by atoms with E-state index < -0.39 is 22.8 Å². The molecule has 2 aromatic carbocycles. The number of amides is 1. The molecule has 0 spiro atoms. The number of carbonyl (C=O) groups is 2. The van der Waals surface area contributed by atoms with Crippen LogP contribution >= 0.6 is 0 Å². The highest BCUT2D eigenvalue weighted by atomic mass is 16.6. The maximum Gasteiger partial charge on any atom is 0.343 e. The fourth-order valence-electron chi connectivity index (χ4n) is 3.08. The van der Waals surface area contributed by atoms with Crippen LogP contribution < -0.4 is 10.2 Å². The molecular formula is C22H21N5O5. The quantitative estimate of drug-likeness (QED) is 0.199. The number of para-hydroxylation sites is 1. The molecule has 0 fully saturated rings. The van der Waals surface area contributed by atoms with Crippen LogP contribution in [0.15, 0.2) is 59.7 Å². The molecule has 0 radical (unpaired) electrons. The molecule has 3 aromatic rings. The van der Waals surface area contributed by atoms with Crippen LogP contribution in [-0.4, -0.2) is 32.8 Å². The Morgan fingerprint density at radius 1 is 1.16 bits per heavy atom. The number of hydrogen-bond acceptors (Lipinski definition) is 7. The second-order valence-corrected chi connectivity index (χ2v) is 6.92. The number of nitrogens with one attached hydrogen (secondary N) is 1. The Bertz CT molecular complexity index is 1190. The number of benzene rings is 2. The summed E-state index contributed by atoms with van der Waals surface area (Å²) in [5.74, 6) is -0.752. The first-order valence-electron chi connectivity index (χ1n) is 9.69. The van der Waals surface area contributed by atoms with Gasteiger partial charge in [-0.2, -0.15) is 10.2 Å². The lowest BCUT2D eigenvalue weighted by Gasteiger charge is -2.11. The van der Waals surface area contributed by atoms with Gasteiger partial charge < -0.3 is 4.74 Å². The first-order chi connectivity index (χ1) is 15.3. The van der Waals surface area contributed by atoms with E-state index in [1.807, 2.05) is 0 Å². The van der Waals surface area contributed by atoms with E-state index in [0.29, 0.717) is 11.1 Å². The predicted octanol–water partition coefficient (Wildman–Crippen LogP) is 3.34. The zero-order valence-corrected chi connectivity index (χ0v) is 17.7. The van der Waals surface area contributed by atoms with Crippen LogP contribution in [0.25, 0.3) is 0 Å². The lowest BCUT2D eigenvalue weighted by Crippen LogP contribution is -2.28. The average Bonchev–Trinajstić information content (AvgIpc) is 3.08. The molecule has 3 rings (SSSR count). The van der Waals surface area contributed by atoms with Crippen LogP contribution in [0.2, 0.25) is 0 Å². The van der Waals surface area contributed by atoms with Gasteiger partial charge in [-0.15, -0.1) is 0 Å². The topological polar surface area (TPSA) is 129 Å². The van der Waals surface area contributed by atoms with Crippen molar-refractivity contribution in [3.63, 3.8) is 0 Å². The Labute approximate surface area is 183 Å². The van der Waals surface area contributed by atoms with Crippen LogP contribution in [-0.2, 0) is 4.79 Å². The molecule has 1 amide bonds. The molecule has 1 aromatic heterocycles. The highest BCUT2D eigenvalue weighted by Gasteiger charge is 2.26. The van der Waals surface area contributed by atoms with E-state index >= 15 is 0 Å². The average molecular weight is 435 g/mol. The maximum absolute atomic E-state index is 12.5. The Morgan fingerprint density at radius 3 is 2.47 bits per heavy atom. The molecule has 0 aliphatic heterocycles. The largest absolute Gasteiger partial charge is 0.422 e. The first-order valence-corrected chi connectivity index (χ1v) is 9.69. The van der Waals surface area contributed by atoms with E-state index in [0.717, 1.165) is 0 Å². The molecule has 0 saturated carbocycles. The molecular weight excluding hydrogens is 414 g/mol. The number of hydrogen-bond donors (Lipinski definition) is 1. The molecule has 1 N–H and O–H groups in total. The van der Waals surface area contributed by atoms with Crippen molar-refractivity contribution in [2.75, 3.05) is 0 Å². The first kappa shape index (κ1) is 22.3. The van der Waals surface area contributed by atoms with Gasteiger partial charge in [-0.1, -0.05) is 30.3 Å². The lowest BCUT2D eigenvalue weighted by molar-refractivity contribution is -0.386. The summed E-state index contributed by atoms with van der Waals surface area (Å²) >= 11 is 0. The summed E-state index contributed by atoms with van der Waals surface area (Å²) in [7, 11) is 0. The molecule has 32 heavy (non-hydrogen) atoms. The summed E-state index contributed by atoms with van der Waals surface area (Å²) in [4.78, 5) is 35.4. The summed E-state index contributed by atoms with van der Waals surface area (Å²) in [6, 6.07) is 14.5. The van der Waals surface area contributed by atoms with E-state index in [4.69, 9.17) is 4.74 Å². The van der Waals surface area contributed by atoms with Gasteiger partial charge in [0.05, 0.1) is 16.7 Å². The van der Waals surface area contributed by atoms with Crippen molar-refractivity contribution in [1.82, 2.24) is 15.2 Å². The second-order valence-electron chi connectivity index (χ2n) is 6.92. The summed E-state index contributed by atoms with van der Waals surface area (Å²) in [6.45, 7) is 4.60. The van der Waals surface area contributed by atoms with Crippen molar-refractivity contribution in [3.05, 3.63) is 87.2 Å². The predicted molar refractivity (Wildman–Crippen MR) is 117 cm³/mol. The number of rotatable bonds is 7. The summed E-state index contributed by atoms with van der Waals surface area (Å²) < 4.78 is 6.72. The fourth-order valence-corrected chi connectivity index (χ4v) is 3.08. The van der Waals surface area contributed by atoms with Gasteiger partial charge in [0.15, 0.2) is 0 Å². The molecule has 0 bridgehead atoms. The minimum Gasteiger partial charge on any atom is -0.422 e. The van der Waals surface area contributed by atoms with Crippen LogP contribution in [0.1, 0.15) is 40.3 Å². The van der Waals surface area contributed by atoms with Crippen molar-refractivity contribution in [2.45, 2.75) is 26.8 Å².